The van der Waals surface area contributed by atoms with E-state index in [9.17, 15) is 9.90 Å². The second-order valence-corrected chi connectivity index (χ2v) is 6.42. The minimum Gasteiger partial charge on any atom is -0.388 e. The van der Waals surface area contributed by atoms with Crippen LogP contribution in [0.15, 0.2) is 18.2 Å². The van der Waals surface area contributed by atoms with E-state index >= 15 is 0 Å². The highest BCUT2D eigenvalue weighted by molar-refractivity contribution is 5.94. The first kappa shape index (κ1) is 15.5. The predicted octanol–water partition coefficient (Wildman–Crippen LogP) is 2.41. The Bertz CT molecular complexity index is 538. The number of fused-ring (bicyclic) bond motifs is 1. The lowest BCUT2D eigenvalue weighted by atomic mass is 9.86. The summed E-state index contributed by atoms with van der Waals surface area (Å²) in [6.07, 6.45) is 4.21. The Kier molecular flexibility index (Phi) is 4.79. The van der Waals surface area contributed by atoms with Gasteiger partial charge in [-0.25, -0.2) is 0 Å². The predicted molar refractivity (Wildman–Crippen MR) is 88.0 cm³/mol. The maximum atomic E-state index is 12.1. The molecule has 2 aliphatic heterocycles. The van der Waals surface area contributed by atoms with Crippen LogP contribution >= 0.6 is 0 Å². The molecule has 1 fully saturated rings. The highest BCUT2D eigenvalue weighted by Gasteiger charge is 2.26. The van der Waals surface area contributed by atoms with Crippen LogP contribution in [0.5, 0.6) is 0 Å². The summed E-state index contributed by atoms with van der Waals surface area (Å²) in [6.45, 7) is 4.71. The Hall–Kier alpha value is -1.39. The van der Waals surface area contributed by atoms with Crippen LogP contribution in [0.1, 0.15) is 49.8 Å². The van der Waals surface area contributed by atoms with Crippen molar-refractivity contribution in [2.24, 2.45) is 5.92 Å². The average molecular weight is 302 g/mol. The molecule has 2 heterocycles. The number of carbonyl (C=O) groups is 1. The summed E-state index contributed by atoms with van der Waals surface area (Å²) in [4.78, 5) is 14.0. The first-order valence-corrected chi connectivity index (χ1v) is 8.52. The van der Waals surface area contributed by atoms with Crippen LogP contribution in [0.4, 0.5) is 5.69 Å². The molecule has 1 saturated heterocycles. The molecular formula is C18H26N2O2. The van der Waals surface area contributed by atoms with Crippen LogP contribution in [-0.4, -0.2) is 30.6 Å². The Morgan fingerprint density at radius 3 is 2.91 bits per heavy atom. The maximum absolute atomic E-state index is 12.1. The van der Waals surface area contributed by atoms with Gasteiger partial charge in [0, 0.05) is 18.7 Å². The Labute approximate surface area is 132 Å². The molecule has 2 aliphatic rings. The van der Waals surface area contributed by atoms with Crippen LogP contribution in [-0.2, 0) is 11.2 Å². The van der Waals surface area contributed by atoms with Gasteiger partial charge in [0.1, 0.15) is 0 Å². The van der Waals surface area contributed by atoms with E-state index in [0.29, 0.717) is 12.3 Å². The third-order valence-corrected chi connectivity index (χ3v) is 5.00. The number of benzene rings is 1. The SMILES string of the molecule is CCC(=O)N1CCCc2cc(C(O)C3CCNCC3)ccc21. The fourth-order valence-electron chi connectivity index (χ4n) is 3.68. The zero-order valence-electron chi connectivity index (χ0n) is 13.3. The third kappa shape index (κ3) is 3.03. The van der Waals surface area contributed by atoms with Gasteiger partial charge in [-0.3, -0.25) is 4.79 Å². The first-order valence-electron chi connectivity index (χ1n) is 8.52. The molecule has 0 aromatic heterocycles. The molecule has 1 aromatic rings. The molecule has 0 spiro atoms. The van der Waals surface area contributed by atoms with Crippen molar-refractivity contribution in [3.63, 3.8) is 0 Å². The minimum absolute atomic E-state index is 0.188. The first-order chi connectivity index (χ1) is 10.7. The van der Waals surface area contributed by atoms with E-state index in [1.54, 1.807) is 0 Å². The lowest BCUT2D eigenvalue weighted by Crippen LogP contribution is -2.35. The summed E-state index contributed by atoms with van der Waals surface area (Å²) in [5, 5.41) is 14.0. The zero-order chi connectivity index (χ0) is 15.5. The van der Waals surface area contributed by atoms with E-state index in [1.165, 1.54) is 5.56 Å². The molecule has 22 heavy (non-hydrogen) atoms. The van der Waals surface area contributed by atoms with Gasteiger partial charge in [-0.2, -0.15) is 0 Å². The summed E-state index contributed by atoms with van der Waals surface area (Å²) in [5.74, 6) is 0.531. The van der Waals surface area contributed by atoms with Crippen molar-refractivity contribution in [3.05, 3.63) is 29.3 Å². The number of aliphatic hydroxyl groups excluding tert-OH is 1. The normalized spacial score (nSPS) is 20.5. The second kappa shape index (κ2) is 6.80. The number of nitrogens with zero attached hydrogens (tertiary/aromatic N) is 1. The van der Waals surface area contributed by atoms with Crippen molar-refractivity contribution >= 4 is 11.6 Å². The number of hydrogen-bond donors (Lipinski definition) is 2. The summed E-state index contributed by atoms with van der Waals surface area (Å²) in [5.41, 5.74) is 3.26. The fraction of sp³-hybridized carbons (Fsp3) is 0.611. The molecule has 1 aromatic carbocycles. The standard InChI is InChI=1S/C18H26N2O2/c1-2-17(21)20-11-3-4-14-12-15(5-6-16(14)20)18(22)13-7-9-19-10-8-13/h5-6,12-13,18-19,22H,2-4,7-11H2,1H3. The van der Waals surface area contributed by atoms with Crippen LogP contribution in [0.25, 0.3) is 0 Å². The summed E-state index contributed by atoms with van der Waals surface area (Å²) < 4.78 is 0. The number of hydrogen-bond acceptors (Lipinski definition) is 3. The van der Waals surface area contributed by atoms with Crippen LogP contribution in [0.3, 0.4) is 0 Å². The van der Waals surface area contributed by atoms with Crippen molar-refractivity contribution in [1.29, 1.82) is 0 Å². The number of amides is 1. The van der Waals surface area contributed by atoms with Gasteiger partial charge in [-0.05, 0) is 61.9 Å². The molecule has 1 amide bonds. The van der Waals surface area contributed by atoms with Gasteiger partial charge in [-0.1, -0.05) is 19.1 Å². The largest absolute Gasteiger partial charge is 0.388 e. The third-order valence-electron chi connectivity index (χ3n) is 5.00. The van der Waals surface area contributed by atoms with Gasteiger partial charge in [0.2, 0.25) is 5.91 Å². The lowest BCUT2D eigenvalue weighted by molar-refractivity contribution is -0.118. The summed E-state index contributed by atoms with van der Waals surface area (Å²) >= 11 is 0. The molecule has 1 atom stereocenters. The van der Waals surface area contributed by atoms with Gasteiger partial charge in [0.25, 0.3) is 0 Å². The Balaban J connectivity index is 1.82. The second-order valence-electron chi connectivity index (χ2n) is 6.42. The number of piperidine rings is 1. The maximum Gasteiger partial charge on any atom is 0.226 e. The average Bonchev–Trinajstić information content (AvgIpc) is 2.60. The fourth-order valence-corrected chi connectivity index (χ4v) is 3.68. The summed E-state index contributed by atoms with van der Waals surface area (Å²) in [7, 11) is 0. The van der Waals surface area contributed by atoms with Crippen molar-refractivity contribution in [3.8, 4) is 0 Å². The number of rotatable bonds is 3. The molecule has 0 saturated carbocycles. The Morgan fingerprint density at radius 1 is 1.41 bits per heavy atom. The van der Waals surface area contributed by atoms with Gasteiger partial charge >= 0.3 is 0 Å². The van der Waals surface area contributed by atoms with Crippen molar-refractivity contribution in [2.75, 3.05) is 24.5 Å². The zero-order valence-corrected chi connectivity index (χ0v) is 13.3. The monoisotopic (exact) mass is 302 g/mol. The number of aliphatic hydroxyl groups is 1. The smallest absolute Gasteiger partial charge is 0.226 e. The van der Waals surface area contributed by atoms with E-state index in [-0.39, 0.29) is 12.0 Å². The van der Waals surface area contributed by atoms with Crippen molar-refractivity contribution < 1.29 is 9.90 Å². The van der Waals surface area contributed by atoms with Crippen molar-refractivity contribution in [1.82, 2.24) is 5.32 Å². The minimum atomic E-state index is -0.385. The number of carbonyl (C=O) groups excluding carboxylic acids is 1. The number of aryl methyl sites for hydroxylation is 1. The molecule has 1 unspecified atom stereocenters. The molecule has 2 N–H and O–H groups in total. The highest BCUT2D eigenvalue weighted by Crippen LogP contribution is 2.34. The van der Waals surface area contributed by atoms with E-state index < -0.39 is 0 Å². The van der Waals surface area contributed by atoms with Gasteiger partial charge < -0.3 is 15.3 Å². The molecule has 3 rings (SSSR count). The summed E-state index contributed by atoms with van der Waals surface area (Å²) in [6, 6.07) is 6.16. The molecule has 0 bridgehead atoms. The van der Waals surface area contributed by atoms with Crippen LogP contribution in [0.2, 0.25) is 0 Å². The van der Waals surface area contributed by atoms with E-state index in [0.717, 1.165) is 56.6 Å². The van der Waals surface area contributed by atoms with E-state index in [2.05, 4.69) is 11.4 Å². The quantitative estimate of drug-likeness (QED) is 0.901. The molecule has 4 nitrogen and oxygen atoms in total. The topological polar surface area (TPSA) is 52.6 Å². The molecule has 0 radical (unpaired) electrons. The number of anilines is 1. The van der Waals surface area contributed by atoms with E-state index in [1.807, 2.05) is 24.0 Å². The number of nitrogens with one attached hydrogen (secondary N) is 1. The van der Waals surface area contributed by atoms with E-state index in [4.69, 9.17) is 0 Å². The van der Waals surface area contributed by atoms with Gasteiger partial charge in [-0.15, -0.1) is 0 Å². The highest BCUT2D eigenvalue weighted by atomic mass is 16.3. The lowest BCUT2D eigenvalue weighted by Gasteiger charge is -2.31. The van der Waals surface area contributed by atoms with Gasteiger partial charge in [0.15, 0.2) is 0 Å². The molecule has 120 valence electrons. The van der Waals surface area contributed by atoms with Crippen LogP contribution in [0, 0.1) is 5.92 Å². The Morgan fingerprint density at radius 2 is 2.18 bits per heavy atom. The van der Waals surface area contributed by atoms with Crippen molar-refractivity contribution in [2.45, 2.75) is 45.1 Å². The molecule has 0 aliphatic carbocycles. The molecular weight excluding hydrogens is 276 g/mol. The van der Waals surface area contributed by atoms with Gasteiger partial charge in [0.05, 0.1) is 6.10 Å². The molecule has 4 heteroatoms. The van der Waals surface area contributed by atoms with Crippen LogP contribution < -0.4 is 10.2 Å².